The number of likely N-dealkylation sites (N-methyl/N-ethyl adjacent to an activating group) is 1. The molecule has 2 amide bonds. The lowest BCUT2D eigenvalue weighted by Crippen LogP contribution is -2.47. The minimum Gasteiger partial charge on any atom is -0.465 e. The first kappa shape index (κ1) is 24.7. The lowest BCUT2D eigenvalue weighted by molar-refractivity contribution is -0.132. The summed E-state index contributed by atoms with van der Waals surface area (Å²) < 4.78 is 4.81. The van der Waals surface area contributed by atoms with Crippen molar-refractivity contribution in [3.05, 3.63) is 81.5 Å². The highest BCUT2D eigenvalue weighted by atomic mass is 32.1. The summed E-state index contributed by atoms with van der Waals surface area (Å²) in [7, 11) is 3.40. The average Bonchev–Trinajstić information content (AvgIpc) is 3.55. The van der Waals surface area contributed by atoms with E-state index in [2.05, 4.69) is 22.6 Å². The van der Waals surface area contributed by atoms with E-state index in [0.717, 1.165) is 42.3 Å². The molecular formula is C28H28N4O4S. The van der Waals surface area contributed by atoms with Gasteiger partial charge in [0.25, 0.3) is 5.91 Å². The lowest BCUT2D eigenvalue weighted by Gasteiger charge is -2.32. The number of ether oxygens (including phenoxy) is 1. The fourth-order valence-corrected chi connectivity index (χ4v) is 5.26. The highest BCUT2D eigenvalue weighted by molar-refractivity contribution is 7.11. The molecule has 3 aromatic rings. The highest BCUT2D eigenvalue weighted by Gasteiger charge is 2.30. The molecule has 0 aliphatic carbocycles. The van der Waals surface area contributed by atoms with Gasteiger partial charge in [-0.3, -0.25) is 9.59 Å². The maximum Gasteiger partial charge on any atom is 0.337 e. The van der Waals surface area contributed by atoms with Crippen LogP contribution in [0.15, 0.2) is 60.0 Å². The van der Waals surface area contributed by atoms with Gasteiger partial charge in [0.15, 0.2) is 0 Å². The maximum absolute atomic E-state index is 13.1. The summed E-state index contributed by atoms with van der Waals surface area (Å²) in [6, 6.07) is 16.7. The Kier molecular flexibility index (Phi) is 7.07. The van der Waals surface area contributed by atoms with E-state index in [4.69, 9.17) is 4.74 Å². The molecule has 5 rings (SSSR count). The van der Waals surface area contributed by atoms with Gasteiger partial charge in [-0.05, 0) is 48.3 Å². The maximum atomic E-state index is 13.1. The normalized spacial score (nSPS) is 16.7. The van der Waals surface area contributed by atoms with Crippen LogP contribution in [0.5, 0.6) is 0 Å². The number of anilines is 2. The molecule has 0 radical (unpaired) electrons. The Morgan fingerprint density at radius 2 is 1.81 bits per heavy atom. The third-order valence-corrected chi connectivity index (χ3v) is 7.52. The average molecular weight is 517 g/mol. The van der Waals surface area contributed by atoms with Gasteiger partial charge in [-0.15, -0.1) is 11.3 Å². The molecule has 2 aliphatic heterocycles. The molecule has 3 heterocycles. The summed E-state index contributed by atoms with van der Waals surface area (Å²) >= 11 is 1.52. The second-order valence-electron chi connectivity index (χ2n) is 9.12. The van der Waals surface area contributed by atoms with Gasteiger partial charge in [0, 0.05) is 37.4 Å². The van der Waals surface area contributed by atoms with Gasteiger partial charge in [-0.1, -0.05) is 24.3 Å². The van der Waals surface area contributed by atoms with Crippen molar-refractivity contribution in [1.29, 1.82) is 0 Å². The summed E-state index contributed by atoms with van der Waals surface area (Å²) in [5.41, 5.74) is 4.58. The minimum atomic E-state index is -0.461. The van der Waals surface area contributed by atoms with Gasteiger partial charge in [0.2, 0.25) is 5.91 Å². The van der Waals surface area contributed by atoms with E-state index in [1.54, 1.807) is 18.2 Å². The number of carbonyl (C=O) groups excluding carboxylic acids is 3. The second kappa shape index (κ2) is 10.6. The summed E-state index contributed by atoms with van der Waals surface area (Å²) in [6.07, 6.45) is 0.362. The Labute approximate surface area is 219 Å². The number of hydrogen-bond acceptors (Lipinski definition) is 7. The molecule has 2 N–H and O–H groups in total. The van der Waals surface area contributed by atoms with Crippen LogP contribution >= 0.6 is 11.3 Å². The molecule has 0 spiro atoms. The van der Waals surface area contributed by atoms with Gasteiger partial charge in [-0.2, -0.15) is 0 Å². The molecule has 1 fully saturated rings. The van der Waals surface area contributed by atoms with E-state index in [1.165, 1.54) is 18.4 Å². The molecule has 0 bridgehead atoms. The van der Waals surface area contributed by atoms with E-state index in [9.17, 15) is 14.4 Å². The first-order valence-corrected chi connectivity index (χ1v) is 13.0. The monoisotopic (exact) mass is 516 g/mol. The van der Waals surface area contributed by atoms with Crippen LogP contribution in [-0.4, -0.2) is 67.9 Å². The molecule has 2 aromatic carbocycles. The third kappa shape index (κ3) is 5.28. The topological polar surface area (TPSA) is 91.0 Å². The number of benzene rings is 2. The number of rotatable bonds is 6. The predicted octanol–water partition coefficient (Wildman–Crippen LogP) is 3.78. The van der Waals surface area contributed by atoms with Crippen molar-refractivity contribution >= 4 is 51.8 Å². The summed E-state index contributed by atoms with van der Waals surface area (Å²) in [5, 5.41) is 8.26. The molecule has 0 saturated carbocycles. The number of methoxy groups -OCH3 is 1. The standard InChI is InChI=1S/C28H28N4O4S/c1-31-11-13-32(14-12-31)24(33)16-18-5-8-20(9-6-18)29-26(23-4-3-15-37-23)25-21-10-7-19(28(35)36-2)17-22(21)30-27(25)34/h3-10,15,17,29H,11-14,16H2,1-2H3,(H,30,34)/b26-25-. The molecule has 1 aromatic heterocycles. The number of fused-ring (bicyclic) bond motifs is 1. The van der Waals surface area contributed by atoms with Crippen LogP contribution < -0.4 is 10.6 Å². The molecule has 0 atom stereocenters. The Morgan fingerprint density at radius 3 is 2.49 bits per heavy atom. The van der Waals surface area contributed by atoms with E-state index in [-0.39, 0.29) is 11.8 Å². The third-order valence-electron chi connectivity index (χ3n) is 6.64. The summed E-state index contributed by atoms with van der Waals surface area (Å²) in [5.74, 6) is -0.569. The fraction of sp³-hybridized carbons (Fsp3) is 0.250. The number of carbonyl (C=O) groups is 3. The number of esters is 1. The smallest absolute Gasteiger partial charge is 0.337 e. The Hall–Kier alpha value is -3.95. The molecule has 37 heavy (non-hydrogen) atoms. The van der Waals surface area contributed by atoms with Gasteiger partial charge < -0.3 is 25.2 Å². The fourth-order valence-electron chi connectivity index (χ4n) is 4.53. The van der Waals surface area contributed by atoms with Crippen LogP contribution in [0.2, 0.25) is 0 Å². The zero-order valence-corrected chi connectivity index (χ0v) is 21.6. The predicted molar refractivity (Wildman–Crippen MR) is 145 cm³/mol. The van der Waals surface area contributed by atoms with E-state index < -0.39 is 5.97 Å². The van der Waals surface area contributed by atoms with Crippen LogP contribution in [0.1, 0.15) is 26.4 Å². The largest absolute Gasteiger partial charge is 0.465 e. The number of thiophene rings is 1. The minimum absolute atomic E-state index is 0.140. The highest BCUT2D eigenvalue weighted by Crippen LogP contribution is 2.39. The number of nitrogens with zero attached hydrogens (tertiary/aromatic N) is 2. The van der Waals surface area contributed by atoms with Crippen LogP contribution in [-0.2, 0) is 20.7 Å². The van der Waals surface area contributed by atoms with Gasteiger partial charge in [-0.25, -0.2) is 4.79 Å². The SMILES string of the molecule is COC(=O)c1ccc2c(c1)NC(=O)/C2=C(\Nc1ccc(CC(=O)N2CCN(C)CC2)cc1)c1cccs1. The van der Waals surface area contributed by atoms with E-state index in [1.807, 2.05) is 46.7 Å². The summed E-state index contributed by atoms with van der Waals surface area (Å²) in [4.78, 5) is 42.8. The summed E-state index contributed by atoms with van der Waals surface area (Å²) in [6.45, 7) is 3.32. The zero-order chi connectivity index (χ0) is 25.9. The van der Waals surface area contributed by atoms with Gasteiger partial charge in [0.05, 0.1) is 40.9 Å². The van der Waals surface area contributed by atoms with Crippen LogP contribution in [0.4, 0.5) is 11.4 Å². The van der Waals surface area contributed by atoms with Crippen LogP contribution in [0, 0.1) is 0 Å². The molecular weight excluding hydrogens is 488 g/mol. The van der Waals surface area contributed by atoms with Crippen molar-refractivity contribution in [2.75, 3.05) is 51.0 Å². The lowest BCUT2D eigenvalue weighted by atomic mass is 10.0. The molecule has 2 aliphatic rings. The van der Waals surface area contributed by atoms with Crippen molar-refractivity contribution in [2.24, 2.45) is 0 Å². The number of nitrogens with one attached hydrogen (secondary N) is 2. The Morgan fingerprint density at radius 1 is 1.05 bits per heavy atom. The van der Waals surface area contributed by atoms with E-state index in [0.29, 0.717) is 34.5 Å². The van der Waals surface area contributed by atoms with Crippen molar-refractivity contribution < 1.29 is 19.1 Å². The van der Waals surface area contributed by atoms with E-state index >= 15 is 0 Å². The quantitative estimate of drug-likeness (QED) is 0.383. The zero-order valence-electron chi connectivity index (χ0n) is 20.7. The van der Waals surface area contributed by atoms with Gasteiger partial charge in [0.1, 0.15) is 0 Å². The van der Waals surface area contributed by atoms with Gasteiger partial charge >= 0.3 is 5.97 Å². The van der Waals surface area contributed by atoms with Crippen molar-refractivity contribution in [2.45, 2.75) is 6.42 Å². The Bertz CT molecular complexity index is 1360. The number of amides is 2. The molecule has 9 heteroatoms. The molecule has 190 valence electrons. The number of piperazine rings is 1. The Balaban J connectivity index is 1.39. The molecule has 8 nitrogen and oxygen atoms in total. The second-order valence-corrected chi connectivity index (χ2v) is 10.1. The molecule has 0 unspecified atom stereocenters. The first-order valence-electron chi connectivity index (χ1n) is 12.1. The van der Waals surface area contributed by atoms with Crippen LogP contribution in [0.3, 0.4) is 0 Å². The van der Waals surface area contributed by atoms with Crippen LogP contribution in [0.25, 0.3) is 11.3 Å². The van der Waals surface area contributed by atoms with Crippen molar-refractivity contribution in [3.63, 3.8) is 0 Å². The molecule has 1 saturated heterocycles. The first-order chi connectivity index (χ1) is 17.9. The van der Waals surface area contributed by atoms with Crippen molar-refractivity contribution in [3.8, 4) is 0 Å². The number of hydrogen-bond donors (Lipinski definition) is 2. The van der Waals surface area contributed by atoms with Crippen molar-refractivity contribution in [1.82, 2.24) is 9.80 Å².